The molecule has 3 unspecified atom stereocenters. The lowest BCUT2D eigenvalue weighted by Crippen LogP contribution is -2.45. The molecule has 1 rings (SSSR count). The van der Waals surface area contributed by atoms with Crippen molar-refractivity contribution in [2.45, 2.75) is 52.0 Å². The smallest absolute Gasteiger partial charge is 0.232 e. The lowest BCUT2D eigenvalue weighted by molar-refractivity contribution is -0.135. The van der Waals surface area contributed by atoms with Crippen LogP contribution in [-0.2, 0) is 4.79 Å². The number of amides is 1. The summed E-state index contributed by atoms with van der Waals surface area (Å²) in [7, 11) is 1.89. The van der Waals surface area contributed by atoms with Crippen molar-refractivity contribution in [1.82, 2.24) is 4.90 Å². The van der Waals surface area contributed by atoms with Gasteiger partial charge in [0.05, 0.1) is 10.9 Å². The second-order valence-corrected chi connectivity index (χ2v) is 5.71. The van der Waals surface area contributed by atoms with E-state index in [1.54, 1.807) is 0 Å². The van der Waals surface area contributed by atoms with Crippen LogP contribution >= 0.6 is 12.2 Å². The Kier molecular flexibility index (Phi) is 5.37. The Morgan fingerprint density at radius 3 is 2.65 bits per heavy atom. The molecule has 1 amide bonds. The van der Waals surface area contributed by atoms with Gasteiger partial charge in [-0.15, -0.1) is 0 Å². The maximum atomic E-state index is 12.3. The number of carbonyl (C=O) groups excluding carboxylic acids is 1. The SMILES string of the molecule is CCC(C(=O)N(C)C1CCCC(C)C1)C(N)=S. The van der Waals surface area contributed by atoms with Crippen LogP contribution in [0.2, 0.25) is 0 Å². The summed E-state index contributed by atoms with van der Waals surface area (Å²) in [6.45, 7) is 4.22. The summed E-state index contributed by atoms with van der Waals surface area (Å²) < 4.78 is 0. The number of nitrogens with zero attached hydrogens (tertiary/aromatic N) is 1. The molecule has 98 valence electrons. The number of nitrogens with two attached hydrogens (primary N) is 1. The van der Waals surface area contributed by atoms with Gasteiger partial charge in [-0.3, -0.25) is 4.79 Å². The molecule has 2 N–H and O–H groups in total. The molecular formula is C13H24N2OS. The fourth-order valence-corrected chi connectivity index (χ4v) is 2.94. The van der Waals surface area contributed by atoms with Crippen LogP contribution in [-0.4, -0.2) is 28.9 Å². The fourth-order valence-electron chi connectivity index (χ4n) is 2.68. The van der Waals surface area contributed by atoms with Gasteiger partial charge in [-0.05, 0) is 25.2 Å². The van der Waals surface area contributed by atoms with E-state index in [2.05, 4.69) is 6.92 Å². The van der Waals surface area contributed by atoms with Gasteiger partial charge < -0.3 is 10.6 Å². The Labute approximate surface area is 110 Å². The zero-order valence-corrected chi connectivity index (χ0v) is 11.9. The number of rotatable bonds is 4. The number of thiocarbonyl (C=S) groups is 1. The maximum Gasteiger partial charge on any atom is 0.232 e. The zero-order chi connectivity index (χ0) is 13.0. The molecule has 3 nitrogen and oxygen atoms in total. The lowest BCUT2D eigenvalue weighted by Gasteiger charge is -2.35. The van der Waals surface area contributed by atoms with Crippen molar-refractivity contribution in [3.8, 4) is 0 Å². The summed E-state index contributed by atoms with van der Waals surface area (Å²) in [5.41, 5.74) is 5.63. The number of hydrogen-bond acceptors (Lipinski definition) is 2. The van der Waals surface area contributed by atoms with Crippen LogP contribution in [0.15, 0.2) is 0 Å². The quantitative estimate of drug-likeness (QED) is 0.785. The van der Waals surface area contributed by atoms with Gasteiger partial charge in [-0.2, -0.15) is 0 Å². The van der Waals surface area contributed by atoms with E-state index < -0.39 is 0 Å². The fraction of sp³-hybridized carbons (Fsp3) is 0.846. The van der Waals surface area contributed by atoms with E-state index in [1.165, 1.54) is 12.8 Å². The molecule has 3 atom stereocenters. The second-order valence-electron chi connectivity index (χ2n) is 5.24. The van der Waals surface area contributed by atoms with E-state index in [9.17, 15) is 4.79 Å². The van der Waals surface area contributed by atoms with Crippen LogP contribution in [0.25, 0.3) is 0 Å². The van der Waals surface area contributed by atoms with E-state index in [-0.39, 0.29) is 11.8 Å². The minimum absolute atomic E-state index is 0.0964. The predicted molar refractivity (Wildman–Crippen MR) is 74.8 cm³/mol. The van der Waals surface area contributed by atoms with Crippen molar-refractivity contribution < 1.29 is 4.79 Å². The molecule has 0 heterocycles. The normalized spacial score (nSPS) is 26.3. The Balaban J connectivity index is 2.64. The largest absolute Gasteiger partial charge is 0.393 e. The van der Waals surface area contributed by atoms with E-state index in [4.69, 9.17) is 18.0 Å². The Bertz CT molecular complexity index is 293. The molecule has 0 aromatic carbocycles. The molecule has 1 aliphatic carbocycles. The molecule has 0 aliphatic heterocycles. The van der Waals surface area contributed by atoms with Gasteiger partial charge in [0.2, 0.25) is 5.91 Å². The van der Waals surface area contributed by atoms with Gasteiger partial charge in [-0.25, -0.2) is 0 Å². The zero-order valence-electron chi connectivity index (χ0n) is 11.1. The molecule has 1 aliphatic rings. The Hall–Kier alpha value is -0.640. The molecule has 4 heteroatoms. The predicted octanol–water partition coefficient (Wildman–Crippen LogP) is 2.34. The molecule has 1 saturated carbocycles. The van der Waals surface area contributed by atoms with Gasteiger partial charge in [0.1, 0.15) is 0 Å². The third kappa shape index (κ3) is 3.66. The summed E-state index contributed by atoms with van der Waals surface area (Å²) in [6, 6.07) is 0.370. The standard InChI is InChI=1S/C13H24N2OS/c1-4-11(12(14)17)13(16)15(3)10-7-5-6-9(2)8-10/h9-11H,4-8H2,1-3H3,(H2,14,17). The first-order valence-electron chi connectivity index (χ1n) is 6.53. The van der Waals surface area contributed by atoms with Crippen molar-refractivity contribution in [3.05, 3.63) is 0 Å². The molecule has 17 heavy (non-hydrogen) atoms. The second kappa shape index (κ2) is 6.34. The molecule has 0 radical (unpaired) electrons. The Morgan fingerprint density at radius 1 is 1.53 bits per heavy atom. The molecular weight excluding hydrogens is 232 g/mol. The van der Waals surface area contributed by atoms with Gasteiger partial charge in [0, 0.05) is 13.1 Å². The highest BCUT2D eigenvalue weighted by Gasteiger charge is 2.29. The first-order valence-corrected chi connectivity index (χ1v) is 6.94. The van der Waals surface area contributed by atoms with E-state index in [0.717, 1.165) is 12.8 Å². The summed E-state index contributed by atoms with van der Waals surface area (Å²) in [6.07, 6.45) is 5.41. The topological polar surface area (TPSA) is 46.3 Å². The van der Waals surface area contributed by atoms with Crippen LogP contribution in [0.3, 0.4) is 0 Å². The average Bonchev–Trinajstić information content (AvgIpc) is 2.28. The first kappa shape index (κ1) is 14.4. The summed E-state index contributed by atoms with van der Waals surface area (Å²) in [5, 5.41) is 0. The number of hydrogen-bond donors (Lipinski definition) is 1. The third-order valence-corrected chi connectivity index (χ3v) is 4.14. The highest BCUT2D eigenvalue weighted by Crippen LogP contribution is 2.27. The Morgan fingerprint density at radius 2 is 2.18 bits per heavy atom. The van der Waals surface area contributed by atoms with Crippen molar-refractivity contribution in [3.63, 3.8) is 0 Å². The van der Waals surface area contributed by atoms with E-state index in [1.807, 2.05) is 18.9 Å². The van der Waals surface area contributed by atoms with Crippen LogP contribution in [0.1, 0.15) is 46.0 Å². The van der Waals surface area contributed by atoms with Gasteiger partial charge in [-0.1, -0.05) is 38.9 Å². The van der Waals surface area contributed by atoms with Crippen LogP contribution < -0.4 is 5.73 Å². The minimum atomic E-state index is -0.285. The molecule has 0 spiro atoms. The van der Waals surface area contributed by atoms with Crippen molar-refractivity contribution in [1.29, 1.82) is 0 Å². The molecule has 0 saturated heterocycles. The van der Waals surface area contributed by atoms with Crippen LogP contribution in [0.4, 0.5) is 0 Å². The van der Waals surface area contributed by atoms with E-state index in [0.29, 0.717) is 23.4 Å². The van der Waals surface area contributed by atoms with Gasteiger partial charge in [0.15, 0.2) is 0 Å². The average molecular weight is 256 g/mol. The molecule has 0 aromatic rings. The van der Waals surface area contributed by atoms with Crippen molar-refractivity contribution in [2.24, 2.45) is 17.6 Å². The van der Waals surface area contributed by atoms with Crippen molar-refractivity contribution >= 4 is 23.1 Å². The van der Waals surface area contributed by atoms with E-state index >= 15 is 0 Å². The highest BCUT2D eigenvalue weighted by molar-refractivity contribution is 7.80. The monoisotopic (exact) mass is 256 g/mol. The number of carbonyl (C=O) groups is 1. The molecule has 0 bridgehead atoms. The highest BCUT2D eigenvalue weighted by atomic mass is 32.1. The van der Waals surface area contributed by atoms with Crippen LogP contribution in [0.5, 0.6) is 0 Å². The van der Waals surface area contributed by atoms with Gasteiger partial charge >= 0.3 is 0 Å². The van der Waals surface area contributed by atoms with Crippen LogP contribution in [0, 0.1) is 11.8 Å². The van der Waals surface area contributed by atoms with Gasteiger partial charge in [0.25, 0.3) is 0 Å². The summed E-state index contributed by atoms with van der Waals surface area (Å²) >= 11 is 4.97. The lowest BCUT2D eigenvalue weighted by atomic mass is 9.86. The first-order chi connectivity index (χ1) is 7.97. The summed E-state index contributed by atoms with van der Waals surface area (Å²) in [4.78, 5) is 14.5. The van der Waals surface area contributed by atoms with Crippen molar-refractivity contribution in [2.75, 3.05) is 7.05 Å². The molecule has 0 aromatic heterocycles. The maximum absolute atomic E-state index is 12.3. The third-order valence-electron chi connectivity index (χ3n) is 3.85. The minimum Gasteiger partial charge on any atom is -0.393 e. The molecule has 1 fully saturated rings. The summed E-state index contributed by atoms with van der Waals surface area (Å²) in [5.74, 6) is 0.528.